The molecule has 0 spiro atoms. The maximum atomic E-state index is 13.8. The molecule has 0 unspecified atom stereocenters. The third kappa shape index (κ3) is 3.32. The molecule has 140 valence electrons. The molecule has 2 aromatic carbocycles. The molecule has 0 bridgehead atoms. The number of nitrogens with zero attached hydrogens (tertiary/aromatic N) is 3. The number of urea groups is 1. The number of fused-ring (bicyclic) bond motifs is 1. The van der Waals surface area contributed by atoms with E-state index in [2.05, 4.69) is 31.0 Å². The molecule has 2 amide bonds. The molecule has 8 nitrogen and oxygen atoms in total. The minimum atomic E-state index is -0.618. The van der Waals surface area contributed by atoms with Gasteiger partial charge in [-0.15, -0.1) is 10.2 Å². The van der Waals surface area contributed by atoms with E-state index in [4.69, 9.17) is 5.73 Å². The predicted octanol–water partition coefficient (Wildman–Crippen LogP) is 3.69. The number of carbonyl (C=O) groups is 1. The normalized spacial score (nSPS) is 10.8. The average molecular weight is 377 g/mol. The van der Waals surface area contributed by atoms with Crippen LogP contribution in [0, 0.1) is 12.7 Å². The molecule has 4 aromatic rings. The number of anilines is 3. The molecule has 4 rings (SSSR count). The molecule has 0 fully saturated rings. The Morgan fingerprint density at radius 3 is 2.75 bits per heavy atom. The second-order valence-electron chi connectivity index (χ2n) is 6.20. The van der Waals surface area contributed by atoms with Crippen molar-refractivity contribution in [1.82, 2.24) is 20.4 Å². The van der Waals surface area contributed by atoms with Gasteiger partial charge in [0.05, 0.1) is 22.3 Å². The molecule has 2 aromatic heterocycles. The van der Waals surface area contributed by atoms with Crippen molar-refractivity contribution in [2.24, 2.45) is 0 Å². The zero-order chi connectivity index (χ0) is 19.7. The first-order valence-corrected chi connectivity index (χ1v) is 8.42. The van der Waals surface area contributed by atoms with Crippen molar-refractivity contribution in [1.29, 1.82) is 0 Å². The number of hydrogen-bond donors (Lipinski definition) is 4. The number of rotatable bonds is 3. The van der Waals surface area contributed by atoms with Gasteiger partial charge in [-0.3, -0.25) is 10.4 Å². The third-order valence-corrected chi connectivity index (χ3v) is 4.17. The van der Waals surface area contributed by atoms with Crippen LogP contribution < -0.4 is 16.4 Å². The van der Waals surface area contributed by atoms with Crippen LogP contribution in [-0.4, -0.2) is 26.4 Å². The van der Waals surface area contributed by atoms with E-state index >= 15 is 0 Å². The number of benzene rings is 2. The van der Waals surface area contributed by atoms with Crippen molar-refractivity contribution < 1.29 is 9.18 Å². The number of carbonyl (C=O) groups excluding carboxylic acids is 1. The van der Waals surface area contributed by atoms with E-state index in [0.29, 0.717) is 11.5 Å². The zero-order valence-electron chi connectivity index (χ0n) is 14.8. The first-order valence-electron chi connectivity index (χ1n) is 8.42. The van der Waals surface area contributed by atoms with Crippen molar-refractivity contribution in [2.45, 2.75) is 6.92 Å². The van der Waals surface area contributed by atoms with Gasteiger partial charge in [-0.25, -0.2) is 9.18 Å². The number of nitrogen functional groups attached to an aromatic ring is 1. The highest BCUT2D eigenvalue weighted by atomic mass is 19.1. The van der Waals surface area contributed by atoms with Crippen molar-refractivity contribution in [2.75, 3.05) is 16.4 Å². The first kappa shape index (κ1) is 17.4. The van der Waals surface area contributed by atoms with E-state index in [9.17, 15) is 9.18 Å². The average Bonchev–Trinajstić information content (AvgIpc) is 3.07. The number of aromatic nitrogens is 4. The number of aryl methyl sites for hydroxylation is 1. The minimum Gasteiger partial charge on any atom is -0.382 e. The topological polar surface area (TPSA) is 122 Å². The lowest BCUT2D eigenvalue weighted by Crippen LogP contribution is -2.21. The molecule has 2 heterocycles. The van der Waals surface area contributed by atoms with Crippen LogP contribution in [0.1, 0.15) is 5.56 Å². The summed E-state index contributed by atoms with van der Waals surface area (Å²) in [4.78, 5) is 12.1. The summed E-state index contributed by atoms with van der Waals surface area (Å²) >= 11 is 0. The van der Waals surface area contributed by atoms with E-state index in [1.807, 2.05) is 18.2 Å². The van der Waals surface area contributed by atoms with Crippen LogP contribution in [0.4, 0.5) is 26.5 Å². The van der Waals surface area contributed by atoms with Crippen LogP contribution in [0.15, 0.2) is 48.5 Å². The number of amides is 2. The van der Waals surface area contributed by atoms with E-state index in [1.165, 1.54) is 6.07 Å². The molecule has 0 saturated heterocycles. The molecule has 0 aliphatic rings. The van der Waals surface area contributed by atoms with Crippen LogP contribution >= 0.6 is 0 Å². The quantitative estimate of drug-likeness (QED) is 0.434. The molecular formula is C19H16FN7O. The molecule has 28 heavy (non-hydrogen) atoms. The Kier molecular flexibility index (Phi) is 4.32. The second kappa shape index (κ2) is 6.95. The molecule has 9 heteroatoms. The fraction of sp³-hybridized carbons (Fsp3) is 0.0526. The lowest BCUT2D eigenvalue weighted by molar-refractivity contribution is 0.262. The monoisotopic (exact) mass is 377 g/mol. The maximum absolute atomic E-state index is 13.8. The van der Waals surface area contributed by atoms with Crippen molar-refractivity contribution >= 4 is 34.3 Å². The lowest BCUT2D eigenvalue weighted by atomic mass is 10.1. The van der Waals surface area contributed by atoms with Crippen molar-refractivity contribution in [3.63, 3.8) is 0 Å². The van der Waals surface area contributed by atoms with Gasteiger partial charge in [-0.05, 0) is 42.8 Å². The van der Waals surface area contributed by atoms with Crippen LogP contribution in [0.25, 0.3) is 22.2 Å². The lowest BCUT2D eigenvalue weighted by Gasteiger charge is -2.09. The highest BCUT2D eigenvalue weighted by Crippen LogP contribution is 2.29. The van der Waals surface area contributed by atoms with Gasteiger partial charge in [0.15, 0.2) is 11.6 Å². The number of H-pyrrole nitrogens is 1. The highest BCUT2D eigenvalue weighted by Gasteiger charge is 2.12. The van der Waals surface area contributed by atoms with Crippen molar-refractivity contribution in [3.8, 4) is 11.3 Å². The standard InChI is InChI=1S/C19H16FN7O/c1-10-5-6-12(20)15(9-10)22-19(28)23-16-8-7-13(24-26-16)11-3-2-4-14-17(11)18(21)27-25-14/h2-9H,1H3,(H3,21,25,27)(H2,22,23,26,28). The second-order valence-corrected chi connectivity index (χ2v) is 6.20. The molecule has 5 N–H and O–H groups in total. The van der Waals surface area contributed by atoms with Crippen molar-refractivity contribution in [3.05, 3.63) is 59.9 Å². The molecule has 0 radical (unpaired) electrons. The third-order valence-electron chi connectivity index (χ3n) is 4.17. The molecule has 0 aliphatic carbocycles. The van der Waals surface area contributed by atoms with E-state index < -0.39 is 11.8 Å². The van der Waals surface area contributed by atoms with Gasteiger partial charge in [-0.2, -0.15) is 5.10 Å². The maximum Gasteiger partial charge on any atom is 0.324 e. The molecule has 0 saturated carbocycles. The summed E-state index contributed by atoms with van der Waals surface area (Å²) in [6, 6.07) is 12.7. The van der Waals surface area contributed by atoms with Crippen LogP contribution in [-0.2, 0) is 0 Å². The molecule has 0 atom stereocenters. The van der Waals surface area contributed by atoms with E-state index in [-0.39, 0.29) is 11.5 Å². The Bertz CT molecular complexity index is 1170. The van der Waals surface area contributed by atoms with Crippen LogP contribution in [0.5, 0.6) is 0 Å². The SMILES string of the molecule is Cc1ccc(F)c(NC(=O)Nc2ccc(-c3cccc4[nH]nc(N)c34)nn2)c1. The first-order chi connectivity index (χ1) is 13.5. The Hall–Kier alpha value is -4.01. The summed E-state index contributed by atoms with van der Waals surface area (Å²) in [7, 11) is 0. The smallest absolute Gasteiger partial charge is 0.324 e. The summed E-state index contributed by atoms with van der Waals surface area (Å²) in [5.74, 6) is 0.0730. The Balaban J connectivity index is 1.52. The predicted molar refractivity (Wildman–Crippen MR) is 105 cm³/mol. The Morgan fingerprint density at radius 1 is 1.11 bits per heavy atom. The summed E-state index contributed by atoms with van der Waals surface area (Å²) < 4.78 is 13.8. The number of nitrogens with two attached hydrogens (primary N) is 1. The van der Waals surface area contributed by atoms with Gasteiger partial charge in [0, 0.05) is 5.56 Å². The summed E-state index contributed by atoms with van der Waals surface area (Å²) in [5, 5.41) is 20.7. The minimum absolute atomic E-state index is 0.0872. The van der Waals surface area contributed by atoms with Gasteiger partial charge in [-0.1, -0.05) is 18.2 Å². The van der Waals surface area contributed by atoms with Gasteiger partial charge in [0.2, 0.25) is 0 Å². The number of halogens is 1. The highest BCUT2D eigenvalue weighted by molar-refractivity contribution is 6.01. The summed E-state index contributed by atoms with van der Waals surface area (Å²) in [6.07, 6.45) is 0. The summed E-state index contributed by atoms with van der Waals surface area (Å²) in [6.45, 7) is 1.81. The largest absolute Gasteiger partial charge is 0.382 e. The molecular weight excluding hydrogens is 361 g/mol. The van der Waals surface area contributed by atoms with Gasteiger partial charge in [0.1, 0.15) is 5.82 Å². The number of hydrogen-bond acceptors (Lipinski definition) is 5. The fourth-order valence-corrected chi connectivity index (χ4v) is 2.86. The number of nitrogens with one attached hydrogen (secondary N) is 3. The number of aromatic amines is 1. The van der Waals surface area contributed by atoms with Gasteiger partial charge >= 0.3 is 6.03 Å². The Morgan fingerprint density at radius 2 is 1.96 bits per heavy atom. The fourth-order valence-electron chi connectivity index (χ4n) is 2.86. The van der Waals surface area contributed by atoms with E-state index in [0.717, 1.165) is 22.0 Å². The van der Waals surface area contributed by atoms with Gasteiger partial charge in [0.25, 0.3) is 0 Å². The summed E-state index contributed by atoms with van der Waals surface area (Å²) in [5.41, 5.74) is 8.98. The van der Waals surface area contributed by atoms with Crippen LogP contribution in [0.3, 0.4) is 0 Å². The zero-order valence-corrected chi connectivity index (χ0v) is 14.8. The Labute approximate surface area is 159 Å². The molecule has 0 aliphatic heterocycles. The van der Waals surface area contributed by atoms with E-state index in [1.54, 1.807) is 31.2 Å². The van der Waals surface area contributed by atoms with Crippen LogP contribution in [0.2, 0.25) is 0 Å². The van der Waals surface area contributed by atoms with Gasteiger partial charge < -0.3 is 11.1 Å².